The minimum Gasteiger partial charge on any atom is -0.313 e. The van der Waals surface area contributed by atoms with Crippen LogP contribution in [-0.2, 0) is 6.42 Å². The number of benzene rings is 1. The molecule has 2 fully saturated rings. The maximum atomic E-state index is 10.6. The van der Waals surface area contributed by atoms with Crippen LogP contribution >= 0.6 is 0 Å². The first-order valence-electron chi connectivity index (χ1n) is 7.19. The number of rotatable bonds is 5. The van der Waals surface area contributed by atoms with Gasteiger partial charge in [-0.25, -0.2) is 0 Å². The summed E-state index contributed by atoms with van der Waals surface area (Å²) in [4.78, 5) is 10.2. The Hall–Kier alpha value is -1.42. The lowest BCUT2D eigenvalue weighted by molar-refractivity contribution is -0.384. The summed E-state index contributed by atoms with van der Waals surface area (Å²) in [5.41, 5.74) is 1.34. The standard InChI is InChI=1S/C15H20N2O2/c18-17(19)14-5-2-11(3-6-14)7-8-16-15-10-12-1-4-13(15)9-12/h2-3,5-6,12-13,15-16H,1,4,7-10H2/t12-,13+,15+/m0/s1. The predicted octanol–water partition coefficient (Wildman–Crippen LogP) is 2.92. The van der Waals surface area contributed by atoms with Gasteiger partial charge in [0.2, 0.25) is 0 Å². The Bertz CT molecular complexity index is 458. The van der Waals surface area contributed by atoms with Gasteiger partial charge in [0.05, 0.1) is 4.92 Å². The molecule has 3 atom stereocenters. The molecule has 1 N–H and O–H groups in total. The van der Waals surface area contributed by atoms with Gasteiger partial charge < -0.3 is 5.32 Å². The van der Waals surface area contributed by atoms with E-state index < -0.39 is 0 Å². The largest absolute Gasteiger partial charge is 0.313 e. The predicted molar refractivity (Wildman–Crippen MR) is 74.0 cm³/mol. The molecule has 102 valence electrons. The highest BCUT2D eigenvalue weighted by molar-refractivity contribution is 5.32. The molecule has 2 saturated carbocycles. The van der Waals surface area contributed by atoms with Crippen LogP contribution in [0.25, 0.3) is 0 Å². The van der Waals surface area contributed by atoms with Gasteiger partial charge in [-0.3, -0.25) is 10.1 Å². The first-order chi connectivity index (χ1) is 9.22. The highest BCUT2D eigenvalue weighted by atomic mass is 16.6. The molecule has 2 bridgehead atoms. The highest BCUT2D eigenvalue weighted by Crippen LogP contribution is 2.44. The van der Waals surface area contributed by atoms with Crippen molar-refractivity contribution in [2.75, 3.05) is 6.54 Å². The van der Waals surface area contributed by atoms with Crippen LogP contribution in [0.15, 0.2) is 24.3 Å². The second-order valence-corrected chi connectivity index (χ2v) is 5.91. The van der Waals surface area contributed by atoms with Crippen LogP contribution in [-0.4, -0.2) is 17.5 Å². The highest BCUT2D eigenvalue weighted by Gasteiger charge is 2.38. The van der Waals surface area contributed by atoms with Crippen LogP contribution in [0.5, 0.6) is 0 Å². The number of hydrogen-bond donors (Lipinski definition) is 1. The minimum absolute atomic E-state index is 0.171. The van der Waals surface area contributed by atoms with Gasteiger partial charge in [0.25, 0.3) is 5.69 Å². The van der Waals surface area contributed by atoms with Crippen molar-refractivity contribution < 1.29 is 4.92 Å². The summed E-state index contributed by atoms with van der Waals surface area (Å²) in [5.74, 6) is 1.88. The third kappa shape index (κ3) is 2.78. The molecular formula is C15H20N2O2. The van der Waals surface area contributed by atoms with Crippen molar-refractivity contribution in [2.45, 2.75) is 38.1 Å². The average Bonchev–Trinajstić information content (AvgIpc) is 3.02. The molecule has 0 heterocycles. The lowest BCUT2D eigenvalue weighted by Gasteiger charge is -2.22. The Kier molecular flexibility index (Phi) is 3.51. The third-order valence-electron chi connectivity index (χ3n) is 4.71. The molecule has 19 heavy (non-hydrogen) atoms. The monoisotopic (exact) mass is 260 g/mol. The van der Waals surface area contributed by atoms with Crippen LogP contribution in [0.1, 0.15) is 31.2 Å². The molecular weight excluding hydrogens is 240 g/mol. The van der Waals surface area contributed by atoms with E-state index >= 15 is 0 Å². The van der Waals surface area contributed by atoms with Crippen LogP contribution in [0, 0.1) is 22.0 Å². The number of nitrogens with one attached hydrogen (secondary N) is 1. The molecule has 0 aliphatic heterocycles. The lowest BCUT2D eigenvalue weighted by atomic mass is 9.95. The topological polar surface area (TPSA) is 55.2 Å². The zero-order valence-corrected chi connectivity index (χ0v) is 11.0. The Morgan fingerprint density at radius 3 is 2.58 bits per heavy atom. The third-order valence-corrected chi connectivity index (χ3v) is 4.71. The van der Waals surface area contributed by atoms with E-state index in [9.17, 15) is 10.1 Å². The van der Waals surface area contributed by atoms with E-state index in [0.717, 1.165) is 30.8 Å². The van der Waals surface area contributed by atoms with E-state index in [1.54, 1.807) is 12.1 Å². The molecule has 0 radical (unpaired) electrons. The molecule has 2 aliphatic carbocycles. The normalized spacial score (nSPS) is 28.7. The van der Waals surface area contributed by atoms with Crippen LogP contribution in [0.2, 0.25) is 0 Å². The Balaban J connectivity index is 1.46. The summed E-state index contributed by atoms with van der Waals surface area (Å²) in [6.07, 6.45) is 6.57. The van der Waals surface area contributed by atoms with E-state index in [1.807, 2.05) is 12.1 Å². The summed E-state index contributed by atoms with van der Waals surface area (Å²) in [7, 11) is 0. The Morgan fingerprint density at radius 2 is 2.00 bits per heavy atom. The van der Waals surface area contributed by atoms with Gasteiger partial charge in [0.1, 0.15) is 0 Å². The molecule has 4 heteroatoms. The molecule has 2 aliphatic rings. The summed E-state index contributed by atoms with van der Waals surface area (Å²) >= 11 is 0. The fourth-order valence-electron chi connectivity index (χ4n) is 3.68. The molecule has 0 saturated heterocycles. The van der Waals surface area contributed by atoms with Gasteiger partial charge in [0.15, 0.2) is 0 Å². The molecule has 0 spiro atoms. The maximum absolute atomic E-state index is 10.6. The van der Waals surface area contributed by atoms with Crippen LogP contribution in [0.4, 0.5) is 5.69 Å². The van der Waals surface area contributed by atoms with E-state index in [2.05, 4.69) is 5.32 Å². The van der Waals surface area contributed by atoms with E-state index in [-0.39, 0.29) is 10.6 Å². The van der Waals surface area contributed by atoms with Crippen molar-refractivity contribution in [1.82, 2.24) is 5.32 Å². The average molecular weight is 260 g/mol. The first-order valence-corrected chi connectivity index (χ1v) is 7.19. The molecule has 0 amide bonds. The van der Waals surface area contributed by atoms with E-state index in [4.69, 9.17) is 0 Å². The van der Waals surface area contributed by atoms with Gasteiger partial charge in [-0.2, -0.15) is 0 Å². The van der Waals surface area contributed by atoms with Crippen LogP contribution < -0.4 is 5.32 Å². The fraction of sp³-hybridized carbons (Fsp3) is 0.600. The summed E-state index contributed by atoms with van der Waals surface area (Å²) in [6, 6.07) is 7.62. The fourth-order valence-corrected chi connectivity index (χ4v) is 3.68. The van der Waals surface area contributed by atoms with Crippen molar-refractivity contribution in [2.24, 2.45) is 11.8 Å². The Labute approximate surface area is 113 Å². The zero-order valence-electron chi connectivity index (χ0n) is 11.0. The van der Waals surface area contributed by atoms with Gasteiger partial charge in [-0.05, 0) is 49.6 Å². The minimum atomic E-state index is -0.350. The summed E-state index contributed by atoms with van der Waals surface area (Å²) in [6.45, 7) is 0.978. The van der Waals surface area contributed by atoms with E-state index in [1.165, 1.54) is 31.2 Å². The van der Waals surface area contributed by atoms with Gasteiger partial charge in [-0.15, -0.1) is 0 Å². The number of non-ortho nitro benzene ring substituents is 1. The second kappa shape index (κ2) is 5.29. The quantitative estimate of drug-likeness (QED) is 0.654. The molecule has 1 aromatic rings. The zero-order chi connectivity index (χ0) is 13.2. The van der Waals surface area contributed by atoms with Gasteiger partial charge in [-0.1, -0.05) is 18.6 Å². The summed E-state index contributed by atoms with van der Waals surface area (Å²) in [5, 5.41) is 14.2. The van der Waals surface area contributed by atoms with Crippen molar-refractivity contribution in [3.05, 3.63) is 39.9 Å². The number of fused-ring (bicyclic) bond motifs is 2. The molecule has 3 rings (SSSR count). The maximum Gasteiger partial charge on any atom is 0.269 e. The molecule has 0 aromatic heterocycles. The van der Waals surface area contributed by atoms with Crippen LogP contribution in [0.3, 0.4) is 0 Å². The number of nitro groups is 1. The number of hydrogen-bond acceptors (Lipinski definition) is 3. The van der Waals surface area contributed by atoms with E-state index in [0.29, 0.717) is 0 Å². The van der Waals surface area contributed by atoms with Gasteiger partial charge >= 0.3 is 0 Å². The van der Waals surface area contributed by atoms with Crippen molar-refractivity contribution in [3.8, 4) is 0 Å². The summed E-state index contributed by atoms with van der Waals surface area (Å²) < 4.78 is 0. The second-order valence-electron chi connectivity index (χ2n) is 5.91. The lowest BCUT2D eigenvalue weighted by Crippen LogP contribution is -2.35. The van der Waals surface area contributed by atoms with Gasteiger partial charge in [0, 0.05) is 18.2 Å². The smallest absolute Gasteiger partial charge is 0.269 e. The Morgan fingerprint density at radius 1 is 1.21 bits per heavy atom. The number of nitro benzene ring substituents is 1. The molecule has 0 unspecified atom stereocenters. The van der Waals surface area contributed by atoms with Crippen molar-refractivity contribution in [3.63, 3.8) is 0 Å². The SMILES string of the molecule is O=[N+]([O-])c1ccc(CCN[C@@H]2C[C@H]3CC[C@@H]2C3)cc1. The van der Waals surface area contributed by atoms with Crippen molar-refractivity contribution >= 4 is 5.69 Å². The molecule has 1 aromatic carbocycles. The first kappa shape index (κ1) is 12.6. The number of nitrogens with zero attached hydrogens (tertiary/aromatic N) is 1. The van der Waals surface area contributed by atoms with Crippen molar-refractivity contribution in [1.29, 1.82) is 0 Å². The molecule has 4 nitrogen and oxygen atoms in total.